The number of carbonyl (C=O) groups is 1. The first kappa shape index (κ1) is 13.5. The van der Waals surface area contributed by atoms with E-state index in [-0.39, 0.29) is 20.3 Å². The van der Waals surface area contributed by atoms with E-state index in [0.29, 0.717) is 11.8 Å². The third-order valence-corrected chi connectivity index (χ3v) is 5.78. The predicted octanol–water partition coefficient (Wildman–Crippen LogP) is 1.44. The zero-order chi connectivity index (χ0) is 13.1. The van der Waals surface area contributed by atoms with Crippen molar-refractivity contribution in [2.24, 2.45) is 0 Å². The molecule has 0 radical (unpaired) electrons. The van der Waals surface area contributed by atoms with Gasteiger partial charge in [0.25, 0.3) is 0 Å². The molecule has 0 saturated carbocycles. The van der Waals surface area contributed by atoms with Gasteiger partial charge in [-0.3, -0.25) is 0 Å². The first-order chi connectivity index (χ1) is 8.65. The number of benzene rings is 1. The van der Waals surface area contributed by atoms with Crippen LogP contribution in [-0.2, 0) is 4.79 Å². The van der Waals surface area contributed by atoms with E-state index in [9.17, 15) is 14.7 Å². The third-order valence-electron chi connectivity index (χ3n) is 2.68. The molecule has 0 bridgehead atoms. The van der Waals surface area contributed by atoms with Crippen molar-refractivity contribution in [1.82, 2.24) is 3.56 Å². The van der Waals surface area contributed by atoms with E-state index in [1.165, 1.54) is 3.56 Å². The fourth-order valence-corrected chi connectivity index (χ4v) is 4.55. The summed E-state index contributed by atoms with van der Waals surface area (Å²) in [5.41, 5.74) is -0.140. The molecule has 2 aromatic rings. The van der Waals surface area contributed by atoms with E-state index in [4.69, 9.17) is 0 Å². The molecule has 2 rings (SSSR count). The standard InChI is InChI=1S/C12H13NO3SSe/c1-17-7-6-9(12(15)16)13-11(14)8-4-2-3-5-10(8)18-13/h2-5,9H,6-7H2,1H3,(H,15,16)/t9-/m1/s1. The molecule has 0 amide bonds. The molecule has 0 aliphatic heterocycles. The second kappa shape index (κ2) is 5.78. The number of carboxylic acids is 1. The topological polar surface area (TPSA) is 59.3 Å². The van der Waals surface area contributed by atoms with Gasteiger partial charge in [0.05, 0.1) is 0 Å². The van der Waals surface area contributed by atoms with Crippen molar-refractivity contribution in [3.8, 4) is 0 Å². The fraction of sp³-hybridized carbons (Fsp3) is 0.333. The van der Waals surface area contributed by atoms with Crippen LogP contribution in [0.5, 0.6) is 0 Å². The summed E-state index contributed by atoms with van der Waals surface area (Å²) in [6.07, 6.45) is 2.43. The molecule has 0 aliphatic carbocycles. The van der Waals surface area contributed by atoms with Gasteiger partial charge in [-0.15, -0.1) is 0 Å². The molecule has 1 heterocycles. The van der Waals surface area contributed by atoms with E-state index in [2.05, 4.69) is 0 Å². The van der Waals surface area contributed by atoms with Crippen LogP contribution in [0.15, 0.2) is 29.1 Å². The Hall–Kier alpha value is -0.971. The van der Waals surface area contributed by atoms with Crippen LogP contribution in [0.3, 0.4) is 0 Å². The van der Waals surface area contributed by atoms with Crippen LogP contribution in [-0.4, -0.2) is 41.4 Å². The molecule has 6 heteroatoms. The molecule has 0 aliphatic rings. The van der Waals surface area contributed by atoms with Crippen LogP contribution in [0.4, 0.5) is 0 Å². The maximum absolute atomic E-state index is 12.2. The average Bonchev–Trinajstić information content (AvgIpc) is 2.68. The number of thioether (sulfide) groups is 1. The van der Waals surface area contributed by atoms with Crippen LogP contribution in [0.25, 0.3) is 9.65 Å². The Kier molecular flexibility index (Phi) is 4.32. The molecule has 18 heavy (non-hydrogen) atoms. The van der Waals surface area contributed by atoms with Crippen molar-refractivity contribution in [2.75, 3.05) is 12.0 Å². The minimum absolute atomic E-state index is 0.140. The van der Waals surface area contributed by atoms with Crippen LogP contribution in [0.2, 0.25) is 0 Å². The number of aromatic nitrogens is 1. The number of nitrogens with zero attached hydrogens (tertiary/aromatic N) is 1. The predicted molar refractivity (Wildman–Crippen MR) is 74.8 cm³/mol. The molecular formula is C12H13NO3SSe. The van der Waals surface area contributed by atoms with Crippen molar-refractivity contribution in [2.45, 2.75) is 12.5 Å². The van der Waals surface area contributed by atoms with Crippen molar-refractivity contribution < 1.29 is 9.90 Å². The summed E-state index contributed by atoms with van der Waals surface area (Å²) >= 11 is 1.38. The number of rotatable bonds is 5. The van der Waals surface area contributed by atoms with Gasteiger partial charge < -0.3 is 0 Å². The number of fused-ring (bicyclic) bond motifs is 1. The SMILES string of the molecule is CSCC[C@H](C(=O)O)n1[se]c2ccccc2c1=O. The van der Waals surface area contributed by atoms with Crippen LogP contribution in [0.1, 0.15) is 12.5 Å². The van der Waals surface area contributed by atoms with Gasteiger partial charge in [0.15, 0.2) is 0 Å². The van der Waals surface area contributed by atoms with Crippen LogP contribution < -0.4 is 5.56 Å². The number of carboxylic acid groups (broad SMARTS) is 1. The van der Waals surface area contributed by atoms with Gasteiger partial charge in [0, 0.05) is 0 Å². The monoisotopic (exact) mass is 331 g/mol. The summed E-state index contributed by atoms with van der Waals surface area (Å²) in [6.45, 7) is 0. The van der Waals surface area contributed by atoms with E-state index in [1.54, 1.807) is 17.8 Å². The third kappa shape index (κ3) is 2.55. The Morgan fingerprint density at radius 3 is 2.83 bits per heavy atom. The minimum atomic E-state index is -0.910. The molecule has 0 unspecified atom stereocenters. The van der Waals surface area contributed by atoms with E-state index >= 15 is 0 Å². The summed E-state index contributed by atoms with van der Waals surface area (Å²) in [7, 11) is 0. The zero-order valence-electron chi connectivity index (χ0n) is 9.83. The normalized spacial score (nSPS) is 12.7. The number of hydrogen-bond donors (Lipinski definition) is 1. The quantitative estimate of drug-likeness (QED) is 0.843. The van der Waals surface area contributed by atoms with Crippen molar-refractivity contribution in [3.63, 3.8) is 0 Å². The maximum atomic E-state index is 12.2. The van der Waals surface area contributed by atoms with Gasteiger partial charge in [0.1, 0.15) is 0 Å². The first-order valence-corrected chi connectivity index (χ1v) is 8.49. The second-order valence-electron chi connectivity index (χ2n) is 3.85. The molecule has 1 aromatic carbocycles. The van der Waals surface area contributed by atoms with Crippen molar-refractivity contribution in [1.29, 1.82) is 0 Å². The molecule has 96 valence electrons. The average molecular weight is 330 g/mol. The summed E-state index contributed by atoms with van der Waals surface area (Å²) in [5.74, 6) is -0.167. The van der Waals surface area contributed by atoms with Crippen molar-refractivity contribution >= 4 is 42.1 Å². The van der Waals surface area contributed by atoms with Crippen LogP contribution >= 0.6 is 11.8 Å². The molecule has 4 nitrogen and oxygen atoms in total. The summed E-state index contributed by atoms with van der Waals surface area (Å²) < 4.78 is 2.50. The molecular weight excluding hydrogens is 317 g/mol. The van der Waals surface area contributed by atoms with Gasteiger partial charge in [-0.05, 0) is 0 Å². The Balaban J connectivity index is 2.47. The van der Waals surface area contributed by atoms with Crippen LogP contribution in [0, 0.1) is 0 Å². The Morgan fingerprint density at radius 2 is 2.22 bits per heavy atom. The van der Waals surface area contributed by atoms with E-state index < -0.39 is 12.0 Å². The summed E-state index contributed by atoms with van der Waals surface area (Å²) in [4.78, 5) is 23.5. The Morgan fingerprint density at radius 1 is 1.50 bits per heavy atom. The first-order valence-electron chi connectivity index (χ1n) is 5.47. The zero-order valence-corrected chi connectivity index (χ0v) is 12.4. The number of aliphatic carboxylic acids is 1. The molecule has 0 fully saturated rings. The summed E-state index contributed by atoms with van der Waals surface area (Å²) in [6, 6.07) is 6.67. The molecule has 0 saturated heterocycles. The number of hydrogen-bond acceptors (Lipinski definition) is 3. The van der Waals surface area contributed by atoms with Gasteiger partial charge in [-0.2, -0.15) is 0 Å². The Bertz CT molecular complexity index is 619. The molecule has 1 aromatic heterocycles. The molecule has 0 spiro atoms. The Labute approximate surface area is 115 Å². The van der Waals surface area contributed by atoms with E-state index in [1.807, 2.05) is 24.5 Å². The second-order valence-corrected chi connectivity index (χ2v) is 6.97. The van der Waals surface area contributed by atoms with E-state index in [0.717, 1.165) is 10.0 Å². The van der Waals surface area contributed by atoms with Gasteiger partial charge in [0.2, 0.25) is 0 Å². The fourth-order valence-electron chi connectivity index (χ4n) is 1.76. The molecule has 1 N–H and O–H groups in total. The van der Waals surface area contributed by atoms with Gasteiger partial charge >= 0.3 is 115 Å². The van der Waals surface area contributed by atoms with Crippen molar-refractivity contribution in [3.05, 3.63) is 34.6 Å². The van der Waals surface area contributed by atoms with Gasteiger partial charge in [-0.25, -0.2) is 0 Å². The van der Waals surface area contributed by atoms with Gasteiger partial charge in [-0.1, -0.05) is 0 Å². The summed E-state index contributed by atoms with van der Waals surface area (Å²) in [5, 5.41) is 9.92. The molecule has 1 atom stereocenters.